The van der Waals surface area contributed by atoms with Crippen LogP contribution in [0.15, 0.2) is 29.3 Å². The first-order valence-electron chi connectivity index (χ1n) is 9.78. The molecule has 0 spiro atoms. The largest absolute Gasteiger partial charge is 0.354 e. The topological polar surface area (TPSA) is 82.6 Å². The van der Waals surface area contributed by atoms with Crippen molar-refractivity contribution in [2.75, 3.05) is 24.7 Å². The molecule has 3 unspecified atom stereocenters. The molecule has 0 bridgehead atoms. The first kappa shape index (κ1) is 21.4. The fourth-order valence-corrected chi connectivity index (χ4v) is 4.72. The second-order valence-electron chi connectivity index (χ2n) is 6.83. The number of nitrogens with zero attached hydrogens (tertiary/aromatic N) is 1. The summed E-state index contributed by atoms with van der Waals surface area (Å²) in [5.41, 5.74) is 2.00. The molecule has 1 saturated carbocycles. The van der Waals surface area contributed by atoms with Crippen LogP contribution >= 0.6 is 0 Å². The molecule has 2 rings (SSSR count). The van der Waals surface area contributed by atoms with Crippen LogP contribution < -0.4 is 16.0 Å². The Bertz CT molecular complexity index is 678. The predicted octanol–water partition coefficient (Wildman–Crippen LogP) is 2.43. The fourth-order valence-electron chi connectivity index (χ4n) is 3.38. The molecule has 3 atom stereocenters. The van der Waals surface area contributed by atoms with Gasteiger partial charge in [0.05, 0.1) is 6.54 Å². The van der Waals surface area contributed by atoms with Gasteiger partial charge in [0, 0.05) is 40.6 Å². The molecule has 1 aliphatic rings. The molecule has 1 aromatic rings. The maximum atomic E-state index is 12.2. The molecule has 6 nitrogen and oxygen atoms in total. The molecular formula is C20H32N4O2S. The molecule has 0 saturated heterocycles. The van der Waals surface area contributed by atoms with E-state index >= 15 is 0 Å². The second kappa shape index (κ2) is 11.1. The minimum atomic E-state index is -0.752. The summed E-state index contributed by atoms with van der Waals surface area (Å²) >= 11 is 0. The number of guanidine groups is 1. The Morgan fingerprint density at radius 3 is 2.81 bits per heavy atom. The highest BCUT2D eigenvalue weighted by Crippen LogP contribution is 2.22. The number of aliphatic imine (C=N–C) groups is 1. The lowest BCUT2D eigenvalue weighted by molar-refractivity contribution is -0.115. The van der Waals surface area contributed by atoms with Gasteiger partial charge in [-0.3, -0.25) is 14.0 Å². The summed E-state index contributed by atoms with van der Waals surface area (Å²) in [6, 6.07) is 8.11. The Labute approximate surface area is 165 Å². The molecule has 1 amide bonds. The van der Waals surface area contributed by atoms with Crippen molar-refractivity contribution in [3.05, 3.63) is 29.8 Å². The van der Waals surface area contributed by atoms with Gasteiger partial charge in [0.15, 0.2) is 5.96 Å². The number of hydrogen-bond acceptors (Lipinski definition) is 3. The molecule has 7 heteroatoms. The molecule has 0 aromatic heterocycles. The molecule has 0 aliphatic heterocycles. The van der Waals surface area contributed by atoms with Crippen molar-refractivity contribution in [2.24, 2.45) is 4.99 Å². The van der Waals surface area contributed by atoms with E-state index in [-0.39, 0.29) is 23.7 Å². The van der Waals surface area contributed by atoms with E-state index in [4.69, 9.17) is 0 Å². The average molecular weight is 393 g/mol. The average Bonchev–Trinajstić information content (AvgIpc) is 2.70. The van der Waals surface area contributed by atoms with Crippen LogP contribution in [-0.4, -0.2) is 46.7 Å². The molecule has 0 radical (unpaired) electrons. The molecule has 1 fully saturated rings. The Morgan fingerprint density at radius 1 is 1.30 bits per heavy atom. The van der Waals surface area contributed by atoms with Gasteiger partial charge in [-0.15, -0.1) is 0 Å². The summed E-state index contributed by atoms with van der Waals surface area (Å²) in [5, 5.41) is 9.61. The van der Waals surface area contributed by atoms with Crippen LogP contribution in [0.5, 0.6) is 0 Å². The van der Waals surface area contributed by atoms with Crippen molar-refractivity contribution in [3.8, 4) is 0 Å². The van der Waals surface area contributed by atoms with Crippen LogP contribution in [0.4, 0.5) is 5.69 Å². The van der Waals surface area contributed by atoms with E-state index in [1.807, 2.05) is 31.2 Å². The summed E-state index contributed by atoms with van der Waals surface area (Å²) in [4.78, 5) is 16.4. The minimum Gasteiger partial charge on any atom is -0.354 e. The van der Waals surface area contributed by atoms with E-state index in [1.165, 1.54) is 5.56 Å². The molecule has 3 N–H and O–H groups in total. The van der Waals surface area contributed by atoms with Gasteiger partial charge in [-0.25, -0.2) is 0 Å². The zero-order valence-electron chi connectivity index (χ0n) is 16.6. The molecule has 1 aromatic carbocycles. The SMILES string of the molecule is CCc1cccc(NC(=O)CNC(=NC)NC2CCCC(S(=O)CC)C2)c1. The highest BCUT2D eigenvalue weighted by atomic mass is 32.2. The molecule has 27 heavy (non-hydrogen) atoms. The third-order valence-corrected chi connectivity index (χ3v) is 6.62. The lowest BCUT2D eigenvalue weighted by atomic mass is 9.95. The van der Waals surface area contributed by atoms with Crippen molar-refractivity contribution in [3.63, 3.8) is 0 Å². The van der Waals surface area contributed by atoms with E-state index in [0.717, 1.165) is 37.8 Å². The van der Waals surface area contributed by atoms with Crippen LogP contribution in [0.3, 0.4) is 0 Å². The van der Waals surface area contributed by atoms with Crippen LogP contribution in [0, 0.1) is 0 Å². The Balaban J connectivity index is 1.80. The highest BCUT2D eigenvalue weighted by Gasteiger charge is 2.26. The number of anilines is 1. The van der Waals surface area contributed by atoms with Crippen molar-refractivity contribution in [1.82, 2.24) is 10.6 Å². The van der Waals surface area contributed by atoms with E-state index in [0.29, 0.717) is 11.7 Å². The van der Waals surface area contributed by atoms with E-state index in [1.54, 1.807) is 7.05 Å². The van der Waals surface area contributed by atoms with Gasteiger partial charge in [0.1, 0.15) is 0 Å². The molecule has 1 aliphatic carbocycles. The van der Waals surface area contributed by atoms with Crippen LogP contribution in [0.1, 0.15) is 45.1 Å². The van der Waals surface area contributed by atoms with Gasteiger partial charge < -0.3 is 16.0 Å². The number of benzene rings is 1. The normalized spacial score (nSPS) is 21.4. The smallest absolute Gasteiger partial charge is 0.243 e. The van der Waals surface area contributed by atoms with Crippen LogP contribution in [0.25, 0.3) is 0 Å². The first-order chi connectivity index (χ1) is 13.0. The number of hydrogen-bond donors (Lipinski definition) is 3. The Hall–Kier alpha value is -1.89. The fraction of sp³-hybridized carbons (Fsp3) is 0.600. The summed E-state index contributed by atoms with van der Waals surface area (Å²) in [5.74, 6) is 1.21. The number of amides is 1. The number of carbonyl (C=O) groups is 1. The van der Waals surface area contributed by atoms with Gasteiger partial charge in [0.25, 0.3) is 0 Å². The zero-order chi connectivity index (χ0) is 19.6. The van der Waals surface area contributed by atoms with Crippen molar-refractivity contribution >= 4 is 28.4 Å². The zero-order valence-corrected chi connectivity index (χ0v) is 17.4. The van der Waals surface area contributed by atoms with E-state index in [9.17, 15) is 9.00 Å². The van der Waals surface area contributed by atoms with Gasteiger partial charge >= 0.3 is 0 Å². The van der Waals surface area contributed by atoms with E-state index in [2.05, 4.69) is 27.9 Å². The maximum absolute atomic E-state index is 12.2. The maximum Gasteiger partial charge on any atom is 0.243 e. The third-order valence-electron chi connectivity index (χ3n) is 4.88. The Morgan fingerprint density at radius 2 is 2.11 bits per heavy atom. The number of rotatable bonds is 7. The lowest BCUT2D eigenvalue weighted by Gasteiger charge is -2.30. The van der Waals surface area contributed by atoms with Crippen molar-refractivity contribution < 1.29 is 9.00 Å². The van der Waals surface area contributed by atoms with Gasteiger partial charge in [-0.2, -0.15) is 0 Å². The molecule has 0 heterocycles. The summed E-state index contributed by atoms with van der Waals surface area (Å²) in [6.45, 7) is 4.21. The monoisotopic (exact) mass is 392 g/mol. The molecule has 150 valence electrons. The van der Waals surface area contributed by atoms with Crippen molar-refractivity contribution in [1.29, 1.82) is 0 Å². The minimum absolute atomic E-state index is 0.111. The summed E-state index contributed by atoms with van der Waals surface area (Å²) in [7, 11) is 0.945. The van der Waals surface area contributed by atoms with Gasteiger partial charge in [0.2, 0.25) is 5.91 Å². The quantitative estimate of drug-likeness (QED) is 0.492. The van der Waals surface area contributed by atoms with Crippen molar-refractivity contribution in [2.45, 2.75) is 57.2 Å². The number of nitrogens with one attached hydrogen (secondary N) is 3. The van der Waals surface area contributed by atoms with Gasteiger partial charge in [-0.1, -0.05) is 32.4 Å². The third kappa shape index (κ3) is 6.97. The van der Waals surface area contributed by atoms with Crippen LogP contribution in [0.2, 0.25) is 0 Å². The second-order valence-corrected chi connectivity index (χ2v) is 8.83. The Kier molecular flexibility index (Phi) is 8.78. The summed E-state index contributed by atoms with van der Waals surface area (Å²) in [6.07, 6.45) is 4.96. The summed E-state index contributed by atoms with van der Waals surface area (Å²) < 4.78 is 12.1. The molecular weight excluding hydrogens is 360 g/mol. The standard InChI is InChI=1S/C20H32N4O2S/c1-4-15-8-6-9-16(12-15)23-19(25)14-22-20(21-3)24-17-10-7-11-18(13-17)27(26)5-2/h6,8-9,12,17-18H,4-5,7,10-11,13-14H2,1-3H3,(H,23,25)(H2,21,22,24). The first-order valence-corrected chi connectivity index (χ1v) is 11.2. The van der Waals surface area contributed by atoms with Crippen LogP contribution in [-0.2, 0) is 22.0 Å². The number of carbonyl (C=O) groups excluding carboxylic acids is 1. The lowest BCUT2D eigenvalue weighted by Crippen LogP contribution is -2.48. The van der Waals surface area contributed by atoms with Gasteiger partial charge in [-0.05, 0) is 43.4 Å². The predicted molar refractivity (Wildman–Crippen MR) is 114 cm³/mol. The van der Waals surface area contributed by atoms with E-state index < -0.39 is 10.8 Å². The highest BCUT2D eigenvalue weighted by molar-refractivity contribution is 7.85. The number of aryl methyl sites for hydroxylation is 1.